The third-order valence-corrected chi connectivity index (χ3v) is 4.33. The molecule has 0 bridgehead atoms. The van der Waals surface area contributed by atoms with Crippen LogP contribution in [0.4, 0.5) is 0 Å². The number of aryl methyl sites for hydroxylation is 1. The quantitative estimate of drug-likeness (QED) is 0.747. The van der Waals surface area contributed by atoms with Crippen molar-refractivity contribution in [3.8, 4) is 0 Å². The van der Waals surface area contributed by atoms with E-state index in [9.17, 15) is 4.79 Å². The predicted molar refractivity (Wildman–Crippen MR) is 78.1 cm³/mol. The number of H-pyrrole nitrogens is 1. The van der Waals surface area contributed by atoms with E-state index in [4.69, 9.17) is 5.73 Å². The molecule has 110 valence electrons. The van der Waals surface area contributed by atoms with E-state index in [1.54, 1.807) is 10.9 Å². The molecule has 0 saturated heterocycles. The van der Waals surface area contributed by atoms with Gasteiger partial charge in [0.05, 0.1) is 17.3 Å². The first kappa shape index (κ1) is 12.8. The van der Waals surface area contributed by atoms with Crippen molar-refractivity contribution in [2.45, 2.75) is 18.4 Å². The first-order chi connectivity index (χ1) is 10.7. The lowest BCUT2D eigenvalue weighted by Gasteiger charge is -2.28. The van der Waals surface area contributed by atoms with Crippen LogP contribution in [0.15, 0.2) is 42.7 Å². The van der Waals surface area contributed by atoms with E-state index in [2.05, 4.69) is 20.5 Å². The number of carbonyl (C=O) groups is 1. The van der Waals surface area contributed by atoms with Crippen molar-refractivity contribution < 1.29 is 4.79 Å². The second kappa shape index (κ2) is 4.52. The Kier molecular flexibility index (Phi) is 2.62. The van der Waals surface area contributed by atoms with Crippen molar-refractivity contribution >= 4 is 5.91 Å². The van der Waals surface area contributed by atoms with Crippen LogP contribution < -0.4 is 5.73 Å². The maximum atomic E-state index is 11.8. The van der Waals surface area contributed by atoms with E-state index in [1.165, 1.54) is 0 Å². The molecule has 3 heterocycles. The minimum Gasteiger partial charge on any atom is -0.364 e. The molecule has 1 unspecified atom stereocenters. The summed E-state index contributed by atoms with van der Waals surface area (Å²) >= 11 is 0. The van der Waals surface area contributed by atoms with Crippen molar-refractivity contribution in [1.29, 1.82) is 0 Å². The molecule has 0 fully saturated rings. The van der Waals surface area contributed by atoms with Crippen LogP contribution in [0.1, 0.15) is 33.7 Å². The maximum Gasteiger partial charge on any atom is 0.271 e. The van der Waals surface area contributed by atoms with Gasteiger partial charge in [-0.15, -0.1) is 5.10 Å². The highest BCUT2D eigenvalue weighted by Crippen LogP contribution is 2.46. The molecule has 3 N–H and O–H groups in total. The van der Waals surface area contributed by atoms with Gasteiger partial charge in [-0.3, -0.25) is 9.89 Å². The highest BCUT2D eigenvalue weighted by molar-refractivity contribution is 5.92. The fraction of sp³-hybridized carbons (Fsp3) is 0.200. The van der Waals surface area contributed by atoms with Crippen molar-refractivity contribution in [3.63, 3.8) is 0 Å². The van der Waals surface area contributed by atoms with Crippen LogP contribution in [0, 0.1) is 0 Å². The number of aromatic nitrogens is 5. The van der Waals surface area contributed by atoms with Crippen LogP contribution in [-0.2, 0) is 12.0 Å². The predicted octanol–water partition coefficient (Wildman–Crippen LogP) is 0.838. The molecule has 1 aliphatic heterocycles. The zero-order valence-corrected chi connectivity index (χ0v) is 11.7. The van der Waals surface area contributed by atoms with Gasteiger partial charge in [-0.05, 0) is 12.0 Å². The first-order valence-corrected chi connectivity index (χ1v) is 7.02. The topological polar surface area (TPSA) is 102 Å². The number of hydrogen-bond donors (Lipinski definition) is 2. The molecule has 4 rings (SSSR count). The summed E-state index contributed by atoms with van der Waals surface area (Å²) in [6, 6.07) is 10.0. The lowest BCUT2D eigenvalue weighted by Crippen LogP contribution is -2.29. The maximum absolute atomic E-state index is 11.8. The Bertz CT molecular complexity index is 823. The number of nitrogens with two attached hydrogens (primary N) is 1. The highest BCUT2D eigenvalue weighted by atomic mass is 16.1. The molecule has 3 aromatic rings. The monoisotopic (exact) mass is 294 g/mol. The summed E-state index contributed by atoms with van der Waals surface area (Å²) in [4.78, 5) is 11.8. The van der Waals surface area contributed by atoms with Gasteiger partial charge in [-0.1, -0.05) is 35.5 Å². The van der Waals surface area contributed by atoms with Crippen molar-refractivity contribution in [3.05, 3.63) is 65.2 Å². The van der Waals surface area contributed by atoms with Gasteiger partial charge in [0.25, 0.3) is 5.91 Å². The highest BCUT2D eigenvalue weighted by Gasteiger charge is 2.47. The molecular formula is C15H14N6O. The minimum absolute atomic E-state index is 0.225. The number of nitrogens with one attached hydrogen (secondary N) is 1. The van der Waals surface area contributed by atoms with Crippen LogP contribution >= 0.6 is 0 Å². The zero-order chi connectivity index (χ0) is 15.2. The van der Waals surface area contributed by atoms with E-state index in [-0.39, 0.29) is 5.69 Å². The third-order valence-electron chi connectivity index (χ3n) is 4.33. The number of carbonyl (C=O) groups excluding carboxylic acids is 1. The summed E-state index contributed by atoms with van der Waals surface area (Å²) in [6.07, 6.45) is 4.41. The van der Waals surface area contributed by atoms with Crippen LogP contribution in [0.3, 0.4) is 0 Å². The molecule has 7 heteroatoms. The van der Waals surface area contributed by atoms with Crippen molar-refractivity contribution in [2.24, 2.45) is 5.73 Å². The molecular weight excluding hydrogens is 280 g/mol. The van der Waals surface area contributed by atoms with Gasteiger partial charge in [0.2, 0.25) is 0 Å². The summed E-state index contributed by atoms with van der Waals surface area (Å²) < 4.78 is 1.76. The number of fused-ring (bicyclic) bond motifs is 1. The molecule has 1 atom stereocenters. The van der Waals surface area contributed by atoms with E-state index >= 15 is 0 Å². The average molecular weight is 294 g/mol. The average Bonchev–Trinajstić information content (AvgIpc) is 3.25. The van der Waals surface area contributed by atoms with Gasteiger partial charge in [0, 0.05) is 18.3 Å². The van der Waals surface area contributed by atoms with Crippen molar-refractivity contribution in [1.82, 2.24) is 25.2 Å². The number of aromatic amines is 1. The van der Waals surface area contributed by atoms with E-state index in [0.717, 1.165) is 23.2 Å². The van der Waals surface area contributed by atoms with Gasteiger partial charge in [0.15, 0.2) is 5.69 Å². The summed E-state index contributed by atoms with van der Waals surface area (Å²) in [5.74, 6) is -0.563. The second-order valence-corrected chi connectivity index (χ2v) is 5.38. The minimum atomic E-state index is -0.563. The van der Waals surface area contributed by atoms with Gasteiger partial charge in [0.1, 0.15) is 0 Å². The Hall–Kier alpha value is -2.96. The van der Waals surface area contributed by atoms with E-state index in [1.807, 2.05) is 36.5 Å². The molecule has 7 nitrogen and oxygen atoms in total. The van der Waals surface area contributed by atoms with Crippen LogP contribution in [0.5, 0.6) is 0 Å². The van der Waals surface area contributed by atoms with Gasteiger partial charge in [-0.25, -0.2) is 4.68 Å². The Morgan fingerprint density at radius 2 is 2.09 bits per heavy atom. The largest absolute Gasteiger partial charge is 0.364 e. The Morgan fingerprint density at radius 3 is 2.77 bits per heavy atom. The zero-order valence-electron chi connectivity index (χ0n) is 11.7. The lowest BCUT2D eigenvalue weighted by atomic mass is 9.72. The van der Waals surface area contributed by atoms with Gasteiger partial charge in [-0.2, -0.15) is 5.10 Å². The van der Waals surface area contributed by atoms with Crippen LogP contribution in [0.25, 0.3) is 0 Å². The Balaban J connectivity index is 2.05. The fourth-order valence-electron chi connectivity index (χ4n) is 3.39. The summed E-state index contributed by atoms with van der Waals surface area (Å²) in [7, 11) is 0. The smallest absolute Gasteiger partial charge is 0.271 e. The molecule has 0 radical (unpaired) electrons. The van der Waals surface area contributed by atoms with E-state index in [0.29, 0.717) is 6.54 Å². The molecule has 1 amide bonds. The summed E-state index contributed by atoms with van der Waals surface area (Å²) in [6.45, 7) is 0.676. The van der Waals surface area contributed by atoms with Crippen LogP contribution in [0.2, 0.25) is 0 Å². The molecule has 0 saturated carbocycles. The standard InChI is InChI=1S/C15H14N6O/c16-14(22)12-13-15(11-8-17-18-9-11,6-7-21(13)20-19-12)10-4-2-1-3-5-10/h1-5,8-9H,6-7H2,(H2,16,22)(H,17,18). The normalized spacial score (nSPS) is 20.0. The number of nitrogens with zero attached hydrogens (tertiary/aromatic N) is 4. The fourth-order valence-corrected chi connectivity index (χ4v) is 3.39. The Labute approximate surface area is 126 Å². The molecule has 0 aliphatic carbocycles. The van der Waals surface area contributed by atoms with Crippen LogP contribution in [-0.4, -0.2) is 31.1 Å². The number of rotatable bonds is 3. The molecule has 0 spiro atoms. The first-order valence-electron chi connectivity index (χ1n) is 7.02. The number of hydrogen-bond acceptors (Lipinski definition) is 4. The van der Waals surface area contributed by atoms with Gasteiger partial charge < -0.3 is 5.73 Å². The second-order valence-electron chi connectivity index (χ2n) is 5.38. The summed E-state index contributed by atoms with van der Waals surface area (Å²) in [5, 5.41) is 15.0. The SMILES string of the molecule is NC(=O)c1nnn2c1C(c1ccccc1)(c1cn[nH]c1)CC2. The lowest BCUT2D eigenvalue weighted by molar-refractivity contribution is 0.0994. The summed E-state index contributed by atoms with van der Waals surface area (Å²) in [5.41, 5.74) is 8.01. The molecule has 22 heavy (non-hydrogen) atoms. The molecule has 2 aromatic heterocycles. The van der Waals surface area contributed by atoms with Crippen molar-refractivity contribution in [2.75, 3.05) is 0 Å². The Morgan fingerprint density at radius 1 is 1.27 bits per heavy atom. The van der Waals surface area contributed by atoms with Gasteiger partial charge >= 0.3 is 0 Å². The third kappa shape index (κ3) is 1.56. The number of benzene rings is 1. The van der Waals surface area contributed by atoms with E-state index < -0.39 is 11.3 Å². The molecule has 1 aliphatic rings. The molecule has 1 aromatic carbocycles. The number of primary amides is 1. The number of amides is 1.